The van der Waals surface area contributed by atoms with Crippen LogP contribution in [-0.2, 0) is 11.3 Å². The molecule has 7 nitrogen and oxygen atoms in total. The molecule has 30 heavy (non-hydrogen) atoms. The van der Waals surface area contributed by atoms with E-state index in [4.69, 9.17) is 11.6 Å². The van der Waals surface area contributed by atoms with Crippen LogP contribution in [-0.4, -0.2) is 73.5 Å². The quantitative estimate of drug-likeness (QED) is 0.565. The van der Waals surface area contributed by atoms with Crippen LogP contribution in [0.4, 0.5) is 5.82 Å². The number of aliphatic imine (C=N–C) groups is 1. The van der Waals surface area contributed by atoms with E-state index in [0.717, 1.165) is 48.5 Å². The number of anilines is 1. The molecule has 0 unspecified atom stereocenters. The molecular formula is C22H29ClN6O. The number of nitrogens with one attached hydrogen (secondary N) is 1. The predicted octanol–water partition coefficient (Wildman–Crippen LogP) is 2.48. The number of hydrogen-bond donors (Lipinski definition) is 1. The fourth-order valence-electron chi connectivity index (χ4n) is 3.51. The van der Waals surface area contributed by atoms with E-state index in [0.29, 0.717) is 19.5 Å². The molecule has 0 radical (unpaired) electrons. The summed E-state index contributed by atoms with van der Waals surface area (Å²) in [6, 6.07) is 13.7. The van der Waals surface area contributed by atoms with Gasteiger partial charge >= 0.3 is 0 Å². The number of amides is 1. The van der Waals surface area contributed by atoms with E-state index >= 15 is 0 Å². The zero-order valence-electron chi connectivity index (χ0n) is 17.6. The number of benzene rings is 1. The Bertz CT molecular complexity index is 852. The van der Waals surface area contributed by atoms with E-state index in [2.05, 4.69) is 20.2 Å². The lowest BCUT2D eigenvalue weighted by atomic mass is 10.2. The van der Waals surface area contributed by atoms with Gasteiger partial charge in [-0.1, -0.05) is 35.9 Å². The average Bonchev–Trinajstić information content (AvgIpc) is 2.79. The topological polar surface area (TPSA) is 64.1 Å². The zero-order valence-corrected chi connectivity index (χ0v) is 18.3. The highest BCUT2D eigenvalue weighted by molar-refractivity contribution is 6.31. The number of rotatable bonds is 6. The summed E-state index contributed by atoms with van der Waals surface area (Å²) in [4.78, 5) is 27.4. The molecule has 0 saturated carbocycles. The molecule has 1 aliphatic rings. The molecule has 1 fully saturated rings. The molecule has 3 rings (SSSR count). The van der Waals surface area contributed by atoms with Crippen molar-refractivity contribution in [1.82, 2.24) is 20.1 Å². The van der Waals surface area contributed by atoms with Crippen molar-refractivity contribution in [2.75, 3.05) is 51.7 Å². The maximum Gasteiger partial charge on any atom is 0.224 e. The molecule has 0 atom stereocenters. The lowest BCUT2D eigenvalue weighted by Crippen LogP contribution is -2.49. The second-order valence-corrected chi connectivity index (χ2v) is 7.63. The van der Waals surface area contributed by atoms with E-state index in [1.54, 1.807) is 13.2 Å². The molecule has 1 N–H and O–H groups in total. The smallest absolute Gasteiger partial charge is 0.224 e. The summed E-state index contributed by atoms with van der Waals surface area (Å²) < 4.78 is 0. The van der Waals surface area contributed by atoms with Gasteiger partial charge in [0.2, 0.25) is 5.91 Å². The fraction of sp³-hybridized carbons (Fsp3) is 0.409. The Labute approximate surface area is 183 Å². The molecule has 0 spiro atoms. The van der Waals surface area contributed by atoms with Crippen LogP contribution in [0.25, 0.3) is 0 Å². The third-order valence-electron chi connectivity index (χ3n) is 5.17. The zero-order chi connectivity index (χ0) is 21.3. The monoisotopic (exact) mass is 428 g/mol. The number of guanidine groups is 1. The fourth-order valence-corrected chi connectivity index (χ4v) is 3.70. The van der Waals surface area contributed by atoms with Crippen LogP contribution in [0.3, 0.4) is 0 Å². The number of hydrogen-bond acceptors (Lipinski definition) is 4. The second kappa shape index (κ2) is 10.8. The highest BCUT2D eigenvalue weighted by Crippen LogP contribution is 2.16. The lowest BCUT2D eigenvalue weighted by Gasteiger charge is -2.35. The van der Waals surface area contributed by atoms with Crippen molar-refractivity contribution in [2.24, 2.45) is 4.99 Å². The molecule has 1 saturated heterocycles. The summed E-state index contributed by atoms with van der Waals surface area (Å²) in [6.45, 7) is 4.23. The highest BCUT2D eigenvalue weighted by atomic mass is 35.5. The van der Waals surface area contributed by atoms with Crippen LogP contribution in [0.2, 0.25) is 5.02 Å². The SMILES string of the molecule is CN=C(NCCC(=O)N1CCN(c2ccccn2)CC1)N(C)Cc1ccccc1Cl. The summed E-state index contributed by atoms with van der Waals surface area (Å²) >= 11 is 6.25. The third-order valence-corrected chi connectivity index (χ3v) is 5.54. The van der Waals surface area contributed by atoms with E-state index < -0.39 is 0 Å². The van der Waals surface area contributed by atoms with Gasteiger partial charge < -0.3 is 20.0 Å². The van der Waals surface area contributed by atoms with Gasteiger partial charge in [0, 0.05) is 71.0 Å². The minimum atomic E-state index is 0.160. The van der Waals surface area contributed by atoms with Crippen LogP contribution in [0.15, 0.2) is 53.7 Å². The molecule has 0 bridgehead atoms. The first-order valence-corrected chi connectivity index (χ1v) is 10.5. The van der Waals surface area contributed by atoms with Crippen molar-refractivity contribution in [3.63, 3.8) is 0 Å². The van der Waals surface area contributed by atoms with E-state index in [-0.39, 0.29) is 5.91 Å². The molecule has 0 aliphatic carbocycles. The molecule has 1 aromatic carbocycles. The van der Waals surface area contributed by atoms with Crippen LogP contribution >= 0.6 is 11.6 Å². The van der Waals surface area contributed by atoms with Gasteiger partial charge in [-0.15, -0.1) is 0 Å². The van der Waals surface area contributed by atoms with Gasteiger partial charge in [-0.25, -0.2) is 4.98 Å². The van der Waals surface area contributed by atoms with Gasteiger partial charge in [0.1, 0.15) is 5.82 Å². The second-order valence-electron chi connectivity index (χ2n) is 7.23. The summed E-state index contributed by atoms with van der Waals surface area (Å²) in [5.74, 6) is 1.87. The number of aromatic nitrogens is 1. The van der Waals surface area contributed by atoms with Crippen molar-refractivity contribution in [1.29, 1.82) is 0 Å². The Hall–Kier alpha value is -2.80. The van der Waals surface area contributed by atoms with Crippen molar-refractivity contribution < 1.29 is 4.79 Å². The van der Waals surface area contributed by atoms with Gasteiger partial charge in [-0.2, -0.15) is 0 Å². The predicted molar refractivity (Wildman–Crippen MR) is 122 cm³/mol. The Morgan fingerprint density at radius 1 is 1.17 bits per heavy atom. The standard InChI is InChI=1S/C22H29ClN6O/c1-24-22(27(2)17-18-7-3-4-8-19(18)23)26-12-10-21(30)29-15-13-28(14-16-29)20-9-5-6-11-25-20/h3-9,11H,10,12-17H2,1-2H3,(H,24,26). The number of piperazine rings is 1. The summed E-state index contributed by atoms with van der Waals surface area (Å²) in [5.41, 5.74) is 1.03. The maximum absolute atomic E-state index is 12.6. The van der Waals surface area contributed by atoms with Crippen molar-refractivity contribution >= 4 is 29.3 Å². The van der Waals surface area contributed by atoms with Crippen LogP contribution in [0.5, 0.6) is 0 Å². The highest BCUT2D eigenvalue weighted by Gasteiger charge is 2.21. The molecule has 2 aromatic rings. The Balaban J connectivity index is 1.42. The number of carbonyl (C=O) groups excluding carboxylic acids is 1. The number of halogens is 1. The lowest BCUT2D eigenvalue weighted by molar-refractivity contribution is -0.131. The van der Waals surface area contributed by atoms with Crippen LogP contribution < -0.4 is 10.2 Å². The maximum atomic E-state index is 12.6. The van der Waals surface area contributed by atoms with Gasteiger partial charge in [0.25, 0.3) is 0 Å². The van der Waals surface area contributed by atoms with Crippen molar-refractivity contribution in [3.05, 3.63) is 59.2 Å². The van der Waals surface area contributed by atoms with E-state index in [9.17, 15) is 4.79 Å². The Kier molecular flexibility index (Phi) is 7.90. The largest absolute Gasteiger partial charge is 0.356 e. The number of nitrogens with zero attached hydrogens (tertiary/aromatic N) is 5. The number of pyridine rings is 1. The number of carbonyl (C=O) groups is 1. The first-order chi connectivity index (χ1) is 14.6. The molecule has 1 amide bonds. The summed E-state index contributed by atoms with van der Waals surface area (Å²) in [5, 5.41) is 4.01. The van der Waals surface area contributed by atoms with Crippen LogP contribution in [0.1, 0.15) is 12.0 Å². The molecule has 1 aliphatic heterocycles. The molecule has 2 heterocycles. The third kappa shape index (κ3) is 5.86. The van der Waals surface area contributed by atoms with Crippen molar-refractivity contribution in [2.45, 2.75) is 13.0 Å². The minimum Gasteiger partial charge on any atom is -0.356 e. The molecular weight excluding hydrogens is 400 g/mol. The van der Waals surface area contributed by atoms with Gasteiger partial charge in [0.05, 0.1) is 0 Å². The van der Waals surface area contributed by atoms with Gasteiger partial charge in [0.15, 0.2) is 5.96 Å². The van der Waals surface area contributed by atoms with Gasteiger partial charge in [-0.05, 0) is 23.8 Å². The van der Waals surface area contributed by atoms with Gasteiger partial charge in [-0.3, -0.25) is 9.79 Å². The van der Waals surface area contributed by atoms with E-state index in [1.165, 1.54) is 0 Å². The summed E-state index contributed by atoms with van der Waals surface area (Å²) in [6.07, 6.45) is 2.23. The molecule has 160 valence electrons. The van der Waals surface area contributed by atoms with E-state index in [1.807, 2.05) is 59.3 Å². The first-order valence-electron chi connectivity index (χ1n) is 10.2. The first kappa shape index (κ1) is 21.9. The Morgan fingerprint density at radius 2 is 1.90 bits per heavy atom. The Morgan fingerprint density at radius 3 is 2.57 bits per heavy atom. The molecule has 8 heteroatoms. The minimum absolute atomic E-state index is 0.160. The van der Waals surface area contributed by atoms with Crippen molar-refractivity contribution in [3.8, 4) is 0 Å². The average molecular weight is 429 g/mol. The van der Waals surface area contributed by atoms with Crippen LogP contribution in [0, 0.1) is 0 Å². The molecule has 1 aromatic heterocycles. The normalized spacial score (nSPS) is 14.6. The summed E-state index contributed by atoms with van der Waals surface area (Å²) in [7, 11) is 3.70.